The lowest BCUT2D eigenvalue weighted by Crippen LogP contribution is -2.41. The Morgan fingerprint density at radius 3 is 1.84 bits per heavy atom. The van der Waals surface area contributed by atoms with Crippen molar-refractivity contribution in [1.29, 1.82) is 0 Å². The van der Waals surface area contributed by atoms with E-state index >= 15 is 0 Å². The van der Waals surface area contributed by atoms with Crippen LogP contribution in [0.5, 0.6) is 0 Å². The van der Waals surface area contributed by atoms with Crippen molar-refractivity contribution in [3.8, 4) is 0 Å². The molecule has 0 N–H and O–H groups in total. The molecule has 1 aliphatic rings. The molecule has 1 heterocycles. The SMILES string of the molecule is CC(=O)O[C@H]1O[C@H](CCl)[C@@H](OC(C)=O)[C@@H]1OC(C)=O. The summed E-state index contributed by atoms with van der Waals surface area (Å²) in [6, 6.07) is 0. The fourth-order valence-electron chi connectivity index (χ4n) is 1.73. The maximum absolute atomic E-state index is 11.1. The van der Waals surface area contributed by atoms with Gasteiger partial charge in [-0.3, -0.25) is 14.4 Å². The minimum absolute atomic E-state index is 0.00647. The van der Waals surface area contributed by atoms with Gasteiger partial charge in [-0.15, -0.1) is 11.6 Å². The van der Waals surface area contributed by atoms with Gasteiger partial charge in [-0.1, -0.05) is 0 Å². The first-order valence-electron chi connectivity index (χ1n) is 5.58. The second kappa shape index (κ2) is 6.72. The van der Waals surface area contributed by atoms with Crippen molar-refractivity contribution in [2.45, 2.75) is 45.4 Å². The number of esters is 3. The monoisotopic (exact) mass is 294 g/mol. The minimum atomic E-state index is -1.14. The number of carbonyl (C=O) groups excluding carboxylic acids is 3. The van der Waals surface area contributed by atoms with Crippen molar-refractivity contribution < 1.29 is 33.3 Å². The molecule has 7 nitrogen and oxygen atoms in total. The molecule has 0 bridgehead atoms. The smallest absolute Gasteiger partial charge is 0.305 e. The summed E-state index contributed by atoms with van der Waals surface area (Å²) >= 11 is 5.69. The van der Waals surface area contributed by atoms with E-state index in [1.807, 2.05) is 0 Å². The van der Waals surface area contributed by atoms with E-state index in [-0.39, 0.29) is 5.88 Å². The van der Waals surface area contributed by atoms with E-state index in [1.54, 1.807) is 0 Å². The second-order valence-corrected chi connectivity index (χ2v) is 4.26. The average Bonchev–Trinajstić information content (AvgIpc) is 2.55. The second-order valence-electron chi connectivity index (χ2n) is 3.95. The zero-order valence-electron chi connectivity index (χ0n) is 10.8. The van der Waals surface area contributed by atoms with Gasteiger partial charge in [-0.05, 0) is 0 Å². The Balaban J connectivity index is 2.90. The van der Waals surface area contributed by atoms with Crippen LogP contribution < -0.4 is 0 Å². The molecule has 19 heavy (non-hydrogen) atoms. The van der Waals surface area contributed by atoms with Gasteiger partial charge in [0.05, 0.1) is 5.88 Å². The minimum Gasteiger partial charge on any atom is -0.455 e. The van der Waals surface area contributed by atoms with Gasteiger partial charge in [0.15, 0.2) is 6.10 Å². The largest absolute Gasteiger partial charge is 0.455 e. The Hall–Kier alpha value is -1.34. The van der Waals surface area contributed by atoms with Gasteiger partial charge < -0.3 is 18.9 Å². The molecule has 1 fully saturated rings. The Bertz CT molecular complexity index is 370. The molecule has 108 valence electrons. The number of alkyl halides is 1. The Morgan fingerprint density at radius 2 is 1.42 bits per heavy atom. The summed E-state index contributed by atoms with van der Waals surface area (Å²) in [6.07, 6.45) is -3.81. The van der Waals surface area contributed by atoms with Crippen LogP contribution in [-0.4, -0.2) is 48.4 Å². The summed E-state index contributed by atoms with van der Waals surface area (Å²) in [5, 5.41) is 0. The van der Waals surface area contributed by atoms with Gasteiger partial charge in [0.25, 0.3) is 0 Å². The molecule has 1 aliphatic heterocycles. The third kappa shape index (κ3) is 4.36. The van der Waals surface area contributed by atoms with Gasteiger partial charge in [-0.2, -0.15) is 0 Å². The van der Waals surface area contributed by atoms with Crippen LogP contribution in [0, 0.1) is 0 Å². The summed E-state index contributed by atoms with van der Waals surface area (Å²) in [7, 11) is 0. The Kier molecular flexibility index (Phi) is 5.56. The zero-order valence-corrected chi connectivity index (χ0v) is 11.5. The molecular formula is C11H15ClO7. The highest BCUT2D eigenvalue weighted by Gasteiger charge is 2.50. The lowest BCUT2D eigenvalue weighted by molar-refractivity contribution is -0.194. The van der Waals surface area contributed by atoms with Crippen molar-refractivity contribution in [3.63, 3.8) is 0 Å². The molecule has 1 saturated heterocycles. The summed E-state index contributed by atoms with van der Waals surface area (Å²) in [6.45, 7) is 3.57. The van der Waals surface area contributed by atoms with Gasteiger partial charge in [0.1, 0.15) is 6.10 Å². The molecule has 0 spiro atoms. The van der Waals surface area contributed by atoms with Crippen molar-refractivity contribution in [3.05, 3.63) is 0 Å². The summed E-state index contributed by atoms with van der Waals surface area (Å²) in [5.41, 5.74) is 0. The van der Waals surface area contributed by atoms with E-state index < -0.39 is 42.5 Å². The maximum Gasteiger partial charge on any atom is 0.305 e. The number of hydrogen-bond acceptors (Lipinski definition) is 7. The summed E-state index contributed by atoms with van der Waals surface area (Å²) < 4.78 is 20.2. The maximum atomic E-state index is 11.1. The molecule has 0 saturated carbocycles. The van der Waals surface area contributed by atoms with Crippen LogP contribution in [0.25, 0.3) is 0 Å². The number of halogens is 1. The normalized spacial score (nSPS) is 29.7. The number of carbonyl (C=O) groups is 3. The quantitative estimate of drug-likeness (QED) is 0.420. The Morgan fingerprint density at radius 1 is 0.947 bits per heavy atom. The molecule has 0 aromatic carbocycles. The molecule has 0 radical (unpaired) electrons. The average molecular weight is 295 g/mol. The first-order valence-corrected chi connectivity index (χ1v) is 6.11. The third-order valence-corrected chi connectivity index (χ3v) is 2.61. The first kappa shape index (κ1) is 15.7. The molecule has 8 heteroatoms. The molecule has 1 rings (SSSR count). The van der Waals surface area contributed by atoms with Gasteiger partial charge >= 0.3 is 17.9 Å². The lowest BCUT2D eigenvalue weighted by Gasteiger charge is -2.22. The highest BCUT2D eigenvalue weighted by molar-refractivity contribution is 6.18. The number of ether oxygens (including phenoxy) is 4. The van der Waals surface area contributed by atoms with Crippen molar-refractivity contribution in [2.75, 3.05) is 5.88 Å². The van der Waals surface area contributed by atoms with Crippen molar-refractivity contribution >= 4 is 29.5 Å². The highest BCUT2D eigenvalue weighted by Crippen LogP contribution is 2.28. The topological polar surface area (TPSA) is 88.1 Å². The highest BCUT2D eigenvalue weighted by atomic mass is 35.5. The fourth-order valence-corrected chi connectivity index (χ4v) is 1.97. The molecule has 0 aliphatic carbocycles. The summed E-state index contributed by atoms with van der Waals surface area (Å²) in [5.74, 6) is -1.81. The van der Waals surface area contributed by atoms with E-state index in [0.717, 1.165) is 0 Å². The molecule has 0 amide bonds. The molecule has 4 atom stereocenters. The Labute approximate surface area is 115 Å². The lowest BCUT2D eigenvalue weighted by atomic mass is 10.1. The standard InChI is InChI=1S/C11H15ClO7/c1-5(13)16-9-8(4-12)19-11(18-7(3)15)10(9)17-6(2)14/h8-11H,4H2,1-3H3/t8-,9-,10+,11+/m1/s1. The van der Waals surface area contributed by atoms with Crippen LogP contribution in [0.1, 0.15) is 20.8 Å². The van der Waals surface area contributed by atoms with Crippen LogP contribution >= 0.6 is 11.6 Å². The number of hydrogen-bond donors (Lipinski definition) is 0. The van der Waals surface area contributed by atoms with E-state index in [4.69, 9.17) is 30.5 Å². The van der Waals surface area contributed by atoms with E-state index in [2.05, 4.69) is 0 Å². The third-order valence-electron chi connectivity index (χ3n) is 2.31. The van der Waals surface area contributed by atoms with Gasteiger partial charge in [0.2, 0.25) is 12.4 Å². The predicted octanol–water partition coefficient (Wildman–Crippen LogP) is 0.377. The molecule has 0 aromatic rings. The van der Waals surface area contributed by atoms with E-state index in [1.165, 1.54) is 20.8 Å². The molecular weight excluding hydrogens is 280 g/mol. The van der Waals surface area contributed by atoms with Crippen LogP contribution in [0.15, 0.2) is 0 Å². The first-order chi connectivity index (χ1) is 8.85. The predicted molar refractivity (Wildman–Crippen MR) is 62.3 cm³/mol. The van der Waals surface area contributed by atoms with Crippen LogP contribution in [-0.2, 0) is 33.3 Å². The molecule has 0 aromatic heterocycles. The van der Waals surface area contributed by atoms with Crippen LogP contribution in [0.3, 0.4) is 0 Å². The summed E-state index contributed by atoms with van der Waals surface area (Å²) in [4.78, 5) is 33.1. The van der Waals surface area contributed by atoms with Crippen LogP contribution in [0.4, 0.5) is 0 Å². The van der Waals surface area contributed by atoms with Gasteiger partial charge in [0, 0.05) is 20.8 Å². The molecule has 0 unspecified atom stereocenters. The van der Waals surface area contributed by atoms with Gasteiger partial charge in [-0.25, -0.2) is 0 Å². The zero-order chi connectivity index (χ0) is 14.6. The van der Waals surface area contributed by atoms with Crippen molar-refractivity contribution in [1.82, 2.24) is 0 Å². The van der Waals surface area contributed by atoms with Crippen molar-refractivity contribution in [2.24, 2.45) is 0 Å². The van der Waals surface area contributed by atoms with E-state index in [0.29, 0.717) is 0 Å². The fraction of sp³-hybridized carbons (Fsp3) is 0.727. The van der Waals surface area contributed by atoms with Crippen LogP contribution in [0.2, 0.25) is 0 Å². The number of rotatable bonds is 4. The van der Waals surface area contributed by atoms with E-state index in [9.17, 15) is 14.4 Å².